The van der Waals surface area contributed by atoms with Gasteiger partial charge in [-0.25, -0.2) is 0 Å². The molecule has 2 aromatic carbocycles. The Balaban J connectivity index is 0.765. The Kier molecular flexibility index (Phi) is 8.78. The number of nitrogens with zero attached hydrogens (tertiary/aromatic N) is 5. The van der Waals surface area contributed by atoms with E-state index in [-0.39, 0.29) is 29.7 Å². The fraction of sp³-hybridized carbons (Fsp3) is 0.512. The number of carbonyl (C=O) groups is 3. The lowest BCUT2D eigenvalue weighted by Crippen LogP contribution is -2.61. The SMILES string of the molecule is COc1cc(-c2cn(C)c(=O)c3c2COC3)cc(OC)c1CN1CC(CN2CCC3(CC2)CN(c2ccc4c(c2)C(=O)N(C2CCC(=O)NC2=O)C4)C3)C1. The minimum atomic E-state index is -0.589. The zero-order chi connectivity index (χ0) is 37.3. The van der Waals surface area contributed by atoms with Gasteiger partial charge < -0.3 is 33.5 Å². The summed E-state index contributed by atoms with van der Waals surface area (Å²) >= 11 is 0. The van der Waals surface area contributed by atoms with Crippen molar-refractivity contribution in [1.29, 1.82) is 0 Å². The third kappa shape index (κ3) is 6.06. The lowest BCUT2D eigenvalue weighted by atomic mass is 9.71. The maximum Gasteiger partial charge on any atom is 0.256 e. The molecule has 4 saturated heterocycles. The first-order chi connectivity index (χ1) is 26.1. The van der Waals surface area contributed by atoms with Crippen molar-refractivity contribution in [2.75, 3.05) is 64.9 Å². The Morgan fingerprint density at radius 1 is 0.907 bits per heavy atom. The van der Waals surface area contributed by atoms with Crippen LogP contribution in [0.25, 0.3) is 11.1 Å². The van der Waals surface area contributed by atoms with E-state index in [1.807, 2.05) is 18.3 Å². The zero-order valence-corrected chi connectivity index (χ0v) is 31.3. The van der Waals surface area contributed by atoms with E-state index in [1.54, 1.807) is 30.7 Å². The molecule has 1 spiro atoms. The Morgan fingerprint density at radius 2 is 1.63 bits per heavy atom. The van der Waals surface area contributed by atoms with Crippen LogP contribution in [-0.2, 0) is 47.7 Å². The molecule has 0 saturated carbocycles. The standard InChI is InChI=1S/C41H48N6O7/c1-43-19-30(32-21-54-22-33(32)39(43)50)27-12-35(52-2)31(36(13-27)53-3)20-45-16-25(17-45)15-44-10-8-41(9-11-44)23-46(24-41)28-5-4-26-18-47(40(51)29(26)14-28)34-6-7-37(48)42-38(34)49/h4-5,12-14,19,25,34H,6-11,15-18,20-24H2,1-3H3,(H,42,48,49). The van der Waals surface area contributed by atoms with Crippen molar-refractivity contribution < 1.29 is 28.6 Å². The van der Waals surface area contributed by atoms with Crippen LogP contribution in [0.4, 0.5) is 5.69 Å². The monoisotopic (exact) mass is 736 g/mol. The average molecular weight is 737 g/mol. The van der Waals surface area contributed by atoms with Gasteiger partial charge in [-0.2, -0.15) is 0 Å². The van der Waals surface area contributed by atoms with E-state index in [9.17, 15) is 19.2 Å². The predicted molar refractivity (Wildman–Crippen MR) is 200 cm³/mol. The Bertz CT molecular complexity index is 2070. The van der Waals surface area contributed by atoms with Crippen molar-refractivity contribution in [1.82, 2.24) is 24.6 Å². The highest BCUT2D eigenvalue weighted by Crippen LogP contribution is 2.44. The molecule has 13 nitrogen and oxygen atoms in total. The van der Waals surface area contributed by atoms with Crippen molar-refractivity contribution in [2.24, 2.45) is 18.4 Å². The van der Waals surface area contributed by atoms with E-state index in [0.29, 0.717) is 43.1 Å². The van der Waals surface area contributed by atoms with Gasteiger partial charge in [-0.05, 0) is 79.2 Å². The van der Waals surface area contributed by atoms with Crippen LogP contribution < -0.4 is 25.2 Å². The summed E-state index contributed by atoms with van der Waals surface area (Å²) in [6, 6.07) is 9.66. The molecule has 1 N–H and O–H groups in total. The number of imide groups is 1. The van der Waals surface area contributed by atoms with Gasteiger partial charge in [-0.1, -0.05) is 6.07 Å². The van der Waals surface area contributed by atoms with Crippen LogP contribution in [-0.4, -0.2) is 103 Å². The van der Waals surface area contributed by atoms with E-state index in [1.165, 1.54) is 12.8 Å². The van der Waals surface area contributed by atoms with E-state index in [4.69, 9.17) is 14.2 Å². The Labute approximate surface area is 314 Å². The zero-order valence-electron chi connectivity index (χ0n) is 31.3. The van der Waals surface area contributed by atoms with Gasteiger partial charge in [0.1, 0.15) is 17.5 Å². The summed E-state index contributed by atoms with van der Waals surface area (Å²) in [5.74, 6) is 1.43. The maximum atomic E-state index is 13.3. The van der Waals surface area contributed by atoms with Gasteiger partial charge in [0.15, 0.2) is 0 Å². The molecule has 3 amide bonds. The van der Waals surface area contributed by atoms with Crippen LogP contribution in [0, 0.1) is 11.3 Å². The summed E-state index contributed by atoms with van der Waals surface area (Å²) in [4.78, 5) is 59.2. The van der Waals surface area contributed by atoms with Crippen molar-refractivity contribution in [3.63, 3.8) is 0 Å². The quantitative estimate of drug-likeness (QED) is 0.328. The second-order valence-corrected chi connectivity index (χ2v) is 16.2. The van der Waals surface area contributed by atoms with Gasteiger partial charge in [0.05, 0.1) is 33.0 Å². The first kappa shape index (κ1) is 35.0. The highest BCUT2D eigenvalue weighted by molar-refractivity contribution is 6.05. The molecule has 54 heavy (non-hydrogen) atoms. The lowest BCUT2D eigenvalue weighted by molar-refractivity contribution is -0.136. The number of rotatable bonds is 9. The number of aryl methyl sites for hydroxylation is 1. The number of piperidine rings is 2. The number of pyridine rings is 1. The Morgan fingerprint density at radius 3 is 2.33 bits per heavy atom. The molecule has 6 aliphatic rings. The number of carbonyl (C=O) groups excluding carboxylic acids is 3. The Hall–Kier alpha value is -4.72. The summed E-state index contributed by atoms with van der Waals surface area (Å²) in [7, 11) is 5.18. The van der Waals surface area contributed by atoms with E-state index in [0.717, 1.165) is 103 Å². The number of nitrogens with one attached hydrogen (secondary N) is 1. The topological polar surface area (TPSA) is 126 Å². The third-order valence-corrected chi connectivity index (χ3v) is 12.8. The average Bonchev–Trinajstić information content (AvgIpc) is 3.76. The molecule has 4 fully saturated rings. The first-order valence-corrected chi connectivity index (χ1v) is 19.1. The van der Waals surface area contributed by atoms with Crippen molar-refractivity contribution in [3.8, 4) is 22.6 Å². The summed E-state index contributed by atoms with van der Waals surface area (Å²) in [5.41, 5.74) is 7.62. The van der Waals surface area contributed by atoms with Gasteiger partial charge in [0.2, 0.25) is 11.8 Å². The van der Waals surface area contributed by atoms with Crippen LogP contribution in [0.1, 0.15) is 58.3 Å². The van der Waals surface area contributed by atoms with Crippen molar-refractivity contribution in [2.45, 2.75) is 58.0 Å². The van der Waals surface area contributed by atoms with Gasteiger partial charge in [0.25, 0.3) is 11.5 Å². The van der Waals surface area contributed by atoms with Crippen molar-refractivity contribution in [3.05, 3.63) is 74.7 Å². The number of fused-ring (bicyclic) bond motifs is 2. The third-order valence-electron chi connectivity index (χ3n) is 12.8. The highest BCUT2D eigenvalue weighted by Gasteiger charge is 2.46. The smallest absolute Gasteiger partial charge is 0.256 e. The van der Waals surface area contributed by atoms with Crippen LogP contribution in [0.3, 0.4) is 0 Å². The minimum Gasteiger partial charge on any atom is -0.496 e. The number of hydrogen-bond donors (Lipinski definition) is 1. The molecule has 1 aromatic heterocycles. The molecule has 7 heterocycles. The second kappa shape index (κ2) is 13.5. The number of anilines is 1. The lowest BCUT2D eigenvalue weighted by Gasteiger charge is -2.55. The fourth-order valence-corrected chi connectivity index (χ4v) is 9.67. The molecule has 6 aliphatic heterocycles. The molecule has 13 heteroatoms. The second-order valence-electron chi connectivity index (χ2n) is 16.2. The summed E-state index contributed by atoms with van der Waals surface area (Å²) in [5, 5.41) is 2.38. The molecule has 3 aromatic rings. The van der Waals surface area contributed by atoms with Crippen LogP contribution in [0.2, 0.25) is 0 Å². The number of hydrogen-bond acceptors (Lipinski definition) is 10. The van der Waals surface area contributed by atoms with Gasteiger partial charge in [-0.3, -0.25) is 29.4 Å². The predicted octanol–water partition coefficient (Wildman–Crippen LogP) is 2.89. The molecular formula is C41H48N6O7. The number of aromatic nitrogens is 1. The molecule has 0 bridgehead atoms. The molecule has 1 atom stereocenters. The molecule has 0 aliphatic carbocycles. The molecule has 9 rings (SSSR count). The van der Waals surface area contributed by atoms with Gasteiger partial charge in [-0.15, -0.1) is 0 Å². The summed E-state index contributed by atoms with van der Waals surface area (Å²) < 4.78 is 19.1. The van der Waals surface area contributed by atoms with Crippen LogP contribution in [0.15, 0.2) is 41.3 Å². The molecule has 0 radical (unpaired) electrons. The van der Waals surface area contributed by atoms with Gasteiger partial charge >= 0.3 is 0 Å². The molecule has 1 unspecified atom stereocenters. The van der Waals surface area contributed by atoms with Crippen LogP contribution in [0.5, 0.6) is 11.5 Å². The number of methoxy groups -OCH3 is 2. The van der Waals surface area contributed by atoms with E-state index in [2.05, 4.69) is 38.2 Å². The normalized spacial score (nSPS) is 22.6. The summed E-state index contributed by atoms with van der Waals surface area (Å²) in [6.45, 7) is 9.32. The van der Waals surface area contributed by atoms with Crippen LogP contribution >= 0.6 is 0 Å². The largest absolute Gasteiger partial charge is 0.496 e. The number of benzene rings is 2. The molecule has 284 valence electrons. The minimum absolute atomic E-state index is 0.0119. The fourth-order valence-electron chi connectivity index (χ4n) is 9.67. The van der Waals surface area contributed by atoms with Gasteiger partial charge in [0, 0.05) is 93.3 Å². The van der Waals surface area contributed by atoms with Crippen molar-refractivity contribution >= 4 is 23.4 Å². The van der Waals surface area contributed by atoms with E-state index >= 15 is 0 Å². The first-order valence-electron chi connectivity index (χ1n) is 19.1. The summed E-state index contributed by atoms with van der Waals surface area (Å²) in [6.07, 6.45) is 4.87. The highest BCUT2D eigenvalue weighted by atomic mass is 16.5. The number of likely N-dealkylation sites (tertiary alicyclic amines) is 2. The van der Waals surface area contributed by atoms with E-state index < -0.39 is 6.04 Å². The number of ether oxygens (including phenoxy) is 3. The maximum absolute atomic E-state index is 13.3. The number of amides is 3. The molecular weight excluding hydrogens is 688 g/mol.